The number of nitrogens with two attached hydrogens (primary N) is 2. The predicted octanol–water partition coefficient (Wildman–Crippen LogP) is 1.37. The maximum atomic E-state index is 11.8. The van der Waals surface area contributed by atoms with Gasteiger partial charge in [-0.25, -0.2) is 0 Å². The van der Waals surface area contributed by atoms with Crippen LogP contribution in [0.2, 0.25) is 0 Å². The lowest BCUT2D eigenvalue weighted by Crippen LogP contribution is -2.22. The van der Waals surface area contributed by atoms with Crippen LogP contribution in [-0.4, -0.2) is 18.1 Å². The molecule has 0 saturated carbocycles. The Morgan fingerprint density at radius 3 is 1.25 bits per heavy atom. The lowest BCUT2D eigenvalue weighted by Gasteiger charge is -2.06. The summed E-state index contributed by atoms with van der Waals surface area (Å²) < 4.78 is 70.6. The molecule has 0 unspecified atom stereocenters. The number of alkyl halides is 6. The van der Waals surface area contributed by atoms with Gasteiger partial charge in [0, 0.05) is 12.2 Å². The molecule has 0 radical (unpaired) electrons. The molecule has 16 heavy (non-hydrogen) atoms. The molecule has 0 aromatic heterocycles. The minimum absolute atomic E-state index is 0.182. The van der Waals surface area contributed by atoms with Gasteiger partial charge in [0.2, 0.25) is 0 Å². The van der Waals surface area contributed by atoms with Crippen molar-refractivity contribution in [3.8, 4) is 0 Å². The topological polar surface area (TPSA) is 69.1 Å². The van der Waals surface area contributed by atoms with E-state index < -0.39 is 29.5 Å². The van der Waals surface area contributed by atoms with Gasteiger partial charge in [0.15, 0.2) is 5.78 Å². The van der Waals surface area contributed by atoms with Gasteiger partial charge in [0.05, 0.1) is 0 Å². The summed E-state index contributed by atoms with van der Waals surface area (Å²) in [6.07, 6.45) is -10.3. The molecular formula is C7H6F6N2O. The Bertz CT molecular complexity index is 306. The van der Waals surface area contributed by atoms with E-state index in [1.54, 1.807) is 0 Å². The lowest BCUT2D eigenvalue weighted by atomic mass is 10.2. The van der Waals surface area contributed by atoms with Crippen LogP contribution < -0.4 is 11.5 Å². The highest BCUT2D eigenvalue weighted by molar-refractivity contribution is 6.00. The smallest absolute Gasteiger partial charge is 0.395 e. The van der Waals surface area contributed by atoms with Crippen LogP contribution in [0.3, 0.4) is 0 Å². The van der Waals surface area contributed by atoms with Gasteiger partial charge in [-0.2, -0.15) is 26.3 Å². The minimum Gasteiger partial charge on any atom is -0.395 e. The van der Waals surface area contributed by atoms with Crippen molar-refractivity contribution in [3.63, 3.8) is 0 Å². The second-order valence-corrected chi connectivity index (χ2v) is 2.60. The molecule has 0 aliphatic rings. The predicted molar refractivity (Wildman–Crippen MR) is 41.7 cm³/mol. The Kier molecular flexibility index (Phi) is 3.99. The van der Waals surface area contributed by atoms with Gasteiger partial charge in [-0.3, -0.25) is 4.79 Å². The van der Waals surface area contributed by atoms with Crippen molar-refractivity contribution in [1.29, 1.82) is 0 Å². The normalized spacial score (nSPS) is 15.1. The molecule has 0 aromatic rings. The third-order valence-electron chi connectivity index (χ3n) is 1.25. The molecule has 0 saturated heterocycles. The van der Waals surface area contributed by atoms with E-state index in [2.05, 4.69) is 11.5 Å². The Morgan fingerprint density at radius 2 is 1.06 bits per heavy atom. The van der Waals surface area contributed by atoms with E-state index in [9.17, 15) is 31.1 Å². The van der Waals surface area contributed by atoms with Gasteiger partial charge >= 0.3 is 12.4 Å². The molecule has 0 bridgehead atoms. The Labute approximate surface area is 85.4 Å². The maximum Gasteiger partial charge on any atom is 0.430 e. The van der Waals surface area contributed by atoms with Gasteiger partial charge < -0.3 is 11.5 Å². The van der Waals surface area contributed by atoms with Crippen LogP contribution in [0, 0.1) is 0 Å². The number of hydrogen-bond donors (Lipinski definition) is 2. The second-order valence-electron chi connectivity index (χ2n) is 2.60. The zero-order chi connectivity index (χ0) is 13.1. The van der Waals surface area contributed by atoms with Crippen molar-refractivity contribution in [3.05, 3.63) is 23.5 Å². The average molecular weight is 248 g/mol. The van der Waals surface area contributed by atoms with Crippen LogP contribution in [0.25, 0.3) is 0 Å². The van der Waals surface area contributed by atoms with Crippen LogP contribution in [0.1, 0.15) is 0 Å². The van der Waals surface area contributed by atoms with Gasteiger partial charge in [-0.15, -0.1) is 0 Å². The van der Waals surface area contributed by atoms with Gasteiger partial charge in [-0.1, -0.05) is 0 Å². The Hall–Kier alpha value is -1.67. The molecule has 0 heterocycles. The first-order valence-corrected chi connectivity index (χ1v) is 3.57. The number of carbonyl (C=O) groups is 1. The first-order chi connectivity index (χ1) is 6.94. The monoisotopic (exact) mass is 248 g/mol. The van der Waals surface area contributed by atoms with Gasteiger partial charge in [0.1, 0.15) is 11.4 Å². The summed E-state index contributed by atoms with van der Waals surface area (Å²) in [4.78, 5) is 10.6. The van der Waals surface area contributed by atoms with E-state index in [1.165, 1.54) is 0 Å². The number of rotatable bonds is 2. The highest BCUT2D eigenvalue weighted by Crippen LogP contribution is 2.23. The summed E-state index contributed by atoms with van der Waals surface area (Å²) in [5.41, 5.74) is 5.20. The highest BCUT2D eigenvalue weighted by Gasteiger charge is 2.33. The quantitative estimate of drug-likeness (QED) is 0.572. The fourth-order valence-corrected chi connectivity index (χ4v) is 0.512. The molecule has 0 amide bonds. The van der Waals surface area contributed by atoms with E-state index in [0.717, 1.165) is 0 Å². The van der Waals surface area contributed by atoms with Crippen molar-refractivity contribution >= 4 is 5.78 Å². The number of carbonyl (C=O) groups excluding carboxylic acids is 1. The summed E-state index contributed by atoms with van der Waals surface area (Å²) in [6.45, 7) is 0. The van der Waals surface area contributed by atoms with Crippen molar-refractivity contribution < 1.29 is 31.1 Å². The number of hydrogen-bond acceptors (Lipinski definition) is 3. The van der Waals surface area contributed by atoms with E-state index >= 15 is 0 Å². The van der Waals surface area contributed by atoms with E-state index in [4.69, 9.17) is 0 Å². The number of allylic oxidation sites excluding steroid dienone is 4. The van der Waals surface area contributed by atoms with Crippen LogP contribution in [0.5, 0.6) is 0 Å². The van der Waals surface area contributed by atoms with Crippen molar-refractivity contribution in [1.82, 2.24) is 0 Å². The van der Waals surface area contributed by atoms with E-state index in [-0.39, 0.29) is 12.2 Å². The molecule has 4 N–H and O–H groups in total. The Morgan fingerprint density at radius 1 is 0.812 bits per heavy atom. The van der Waals surface area contributed by atoms with E-state index in [1.807, 2.05) is 0 Å². The first kappa shape index (κ1) is 14.3. The van der Waals surface area contributed by atoms with Crippen LogP contribution in [-0.2, 0) is 4.79 Å². The number of ketones is 1. The summed E-state index contributed by atoms with van der Waals surface area (Å²) in [5.74, 6) is -1.59. The van der Waals surface area contributed by atoms with E-state index in [0.29, 0.717) is 0 Å². The molecule has 0 atom stereocenters. The first-order valence-electron chi connectivity index (χ1n) is 3.57. The Balaban J connectivity index is 4.89. The van der Waals surface area contributed by atoms with Crippen molar-refractivity contribution in [2.24, 2.45) is 11.5 Å². The molecule has 0 aromatic carbocycles. The lowest BCUT2D eigenvalue weighted by molar-refractivity contribution is -0.114. The van der Waals surface area contributed by atoms with Crippen LogP contribution in [0.15, 0.2) is 23.5 Å². The molecule has 3 nitrogen and oxygen atoms in total. The number of halogens is 6. The third kappa shape index (κ3) is 4.71. The van der Waals surface area contributed by atoms with Crippen molar-refractivity contribution in [2.75, 3.05) is 0 Å². The molecule has 0 aliphatic heterocycles. The molecule has 0 aliphatic carbocycles. The summed E-state index contributed by atoms with van der Waals surface area (Å²) in [5, 5.41) is 0. The molecule has 92 valence electrons. The highest BCUT2D eigenvalue weighted by atomic mass is 19.4. The molecule has 9 heteroatoms. The van der Waals surface area contributed by atoms with Crippen LogP contribution >= 0.6 is 0 Å². The SMILES string of the molecule is N/C(=C\C(=O)/C=C(\N)C(F)(F)F)C(F)(F)F. The standard InChI is InChI=1S/C7H6F6N2O/c8-6(9,10)4(14)1-3(16)2-5(15)7(11,12)13/h1-2H,14-15H2/b4-1-,5-2-. The molecular weight excluding hydrogens is 242 g/mol. The largest absolute Gasteiger partial charge is 0.430 e. The minimum atomic E-state index is -4.98. The fourth-order valence-electron chi connectivity index (χ4n) is 0.512. The van der Waals surface area contributed by atoms with Crippen LogP contribution in [0.4, 0.5) is 26.3 Å². The average Bonchev–Trinajstić information content (AvgIpc) is 1.99. The molecule has 0 spiro atoms. The zero-order valence-electron chi connectivity index (χ0n) is 7.49. The molecule has 0 fully saturated rings. The third-order valence-corrected chi connectivity index (χ3v) is 1.25. The summed E-state index contributed by atoms with van der Waals surface area (Å²) in [7, 11) is 0. The maximum absolute atomic E-state index is 11.8. The van der Waals surface area contributed by atoms with Gasteiger partial charge in [0.25, 0.3) is 0 Å². The van der Waals surface area contributed by atoms with Crippen molar-refractivity contribution in [2.45, 2.75) is 12.4 Å². The molecule has 0 rings (SSSR count). The fraction of sp³-hybridized carbons (Fsp3) is 0.286. The second kappa shape index (κ2) is 4.45. The zero-order valence-corrected chi connectivity index (χ0v) is 7.49. The summed E-state index contributed by atoms with van der Waals surface area (Å²) >= 11 is 0. The summed E-state index contributed by atoms with van der Waals surface area (Å²) in [6, 6.07) is 0. The van der Waals surface area contributed by atoms with Gasteiger partial charge in [-0.05, 0) is 0 Å².